The van der Waals surface area contributed by atoms with E-state index in [2.05, 4.69) is 50.4 Å². The smallest absolute Gasteiger partial charge is 0.0294 e. The van der Waals surface area contributed by atoms with Gasteiger partial charge in [0.05, 0.1) is 0 Å². The van der Waals surface area contributed by atoms with Crippen LogP contribution in [0.3, 0.4) is 0 Å². The first-order chi connectivity index (χ1) is 9.65. The Morgan fingerprint density at radius 3 is 2.00 bits per heavy atom. The topological polar surface area (TPSA) is 12.0 Å². The second kappa shape index (κ2) is 4.59. The van der Waals surface area contributed by atoms with Gasteiger partial charge >= 0.3 is 0 Å². The third-order valence-corrected chi connectivity index (χ3v) is 6.28. The number of hydrogen-bond donors (Lipinski definition) is 1. The Morgan fingerprint density at radius 1 is 0.900 bits per heavy atom. The van der Waals surface area contributed by atoms with Gasteiger partial charge in [0.15, 0.2) is 0 Å². The Labute approximate surface area is 123 Å². The Bertz CT molecular complexity index is 473. The molecule has 4 rings (SSSR count). The summed E-state index contributed by atoms with van der Waals surface area (Å²) in [6.07, 6.45) is 4.58. The van der Waals surface area contributed by atoms with E-state index in [9.17, 15) is 0 Å². The van der Waals surface area contributed by atoms with Crippen LogP contribution in [0, 0.1) is 23.7 Å². The number of benzene rings is 1. The fourth-order valence-corrected chi connectivity index (χ4v) is 5.10. The molecule has 3 aliphatic carbocycles. The maximum absolute atomic E-state index is 3.92. The van der Waals surface area contributed by atoms with E-state index in [1.165, 1.54) is 24.0 Å². The van der Waals surface area contributed by atoms with Crippen molar-refractivity contribution in [3.63, 3.8) is 0 Å². The predicted molar refractivity (Wildman–Crippen MR) is 83.7 cm³/mol. The van der Waals surface area contributed by atoms with Crippen LogP contribution in [0.25, 0.3) is 0 Å². The molecule has 5 unspecified atom stereocenters. The fraction of sp³-hybridized carbons (Fsp3) is 0.684. The van der Waals surface area contributed by atoms with Gasteiger partial charge in [0.1, 0.15) is 0 Å². The molecule has 0 heterocycles. The van der Waals surface area contributed by atoms with Crippen LogP contribution < -0.4 is 5.32 Å². The van der Waals surface area contributed by atoms with E-state index in [0.29, 0.717) is 12.0 Å². The van der Waals surface area contributed by atoms with E-state index < -0.39 is 0 Å². The van der Waals surface area contributed by atoms with Gasteiger partial charge in [0.2, 0.25) is 0 Å². The highest BCUT2D eigenvalue weighted by Crippen LogP contribution is 2.65. The van der Waals surface area contributed by atoms with E-state index in [4.69, 9.17) is 0 Å². The van der Waals surface area contributed by atoms with Gasteiger partial charge in [0, 0.05) is 12.1 Å². The Kier molecular flexibility index (Phi) is 2.96. The normalized spacial score (nSPS) is 39.1. The molecule has 3 saturated carbocycles. The summed E-state index contributed by atoms with van der Waals surface area (Å²) in [4.78, 5) is 0. The summed E-state index contributed by atoms with van der Waals surface area (Å²) in [7, 11) is 0. The average molecular weight is 269 g/mol. The lowest BCUT2D eigenvalue weighted by Gasteiger charge is -2.18. The molecule has 20 heavy (non-hydrogen) atoms. The lowest BCUT2D eigenvalue weighted by Crippen LogP contribution is -2.26. The first-order valence-electron chi connectivity index (χ1n) is 8.51. The highest BCUT2D eigenvalue weighted by Gasteiger charge is 2.64. The molecule has 0 radical (unpaired) electrons. The van der Waals surface area contributed by atoms with Crippen LogP contribution >= 0.6 is 0 Å². The standard InChI is InChI=1S/C19H27N/c1-11(2)13-4-6-14(7-5-13)12(3)20-19-17-15-8-9-16(10-15)18(17)19/h4-7,11-12,15-20H,8-10H2,1-3H3. The summed E-state index contributed by atoms with van der Waals surface area (Å²) in [6.45, 7) is 6.86. The van der Waals surface area contributed by atoms with Crippen LogP contribution in [0.1, 0.15) is 63.1 Å². The highest BCUT2D eigenvalue weighted by atomic mass is 15.0. The molecular formula is C19H27N. The van der Waals surface area contributed by atoms with Crippen LogP contribution in [-0.2, 0) is 0 Å². The summed E-state index contributed by atoms with van der Waals surface area (Å²) in [5, 5.41) is 3.92. The molecule has 3 aliphatic rings. The zero-order valence-electron chi connectivity index (χ0n) is 13.0. The molecule has 0 aliphatic heterocycles. The van der Waals surface area contributed by atoms with Crippen LogP contribution in [0.2, 0.25) is 0 Å². The minimum atomic E-state index is 0.506. The predicted octanol–water partition coefficient (Wildman–Crippen LogP) is 4.51. The maximum atomic E-state index is 3.92. The van der Waals surface area contributed by atoms with Crippen molar-refractivity contribution in [2.75, 3.05) is 0 Å². The molecule has 0 amide bonds. The van der Waals surface area contributed by atoms with E-state index >= 15 is 0 Å². The molecule has 108 valence electrons. The van der Waals surface area contributed by atoms with Gasteiger partial charge in [-0.15, -0.1) is 0 Å². The summed E-state index contributed by atoms with van der Waals surface area (Å²) >= 11 is 0. The highest BCUT2D eigenvalue weighted by molar-refractivity contribution is 5.27. The fourth-order valence-electron chi connectivity index (χ4n) is 5.10. The largest absolute Gasteiger partial charge is 0.307 e. The van der Waals surface area contributed by atoms with Gasteiger partial charge in [0.25, 0.3) is 0 Å². The summed E-state index contributed by atoms with van der Waals surface area (Å²) < 4.78 is 0. The van der Waals surface area contributed by atoms with Crippen molar-refractivity contribution >= 4 is 0 Å². The molecule has 2 bridgehead atoms. The number of fused-ring (bicyclic) bond motifs is 5. The van der Waals surface area contributed by atoms with Crippen molar-refractivity contribution in [3.8, 4) is 0 Å². The molecule has 0 spiro atoms. The molecule has 1 aromatic rings. The van der Waals surface area contributed by atoms with Gasteiger partial charge in [-0.1, -0.05) is 38.1 Å². The third-order valence-electron chi connectivity index (χ3n) is 6.28. The van der Waals surface area contributed by atoms with Crippen molar-refractivity contribution in [1.82, 2.24) is 5.32 Å². The van der Waals surface area contributed by atoms with Gasteiger partial charge in [-0.2, -0.15) is 0 Å². The quantitative estimate of drug-likeness (QED) is 0.848. The molecular weight excluding hydrogens is 242 g/mol. The zero-order valence-corrected chi connectivity index (χ0v) is 13.0. The van der Waals surface area contributed by atoms with Crippen molar-refractivity contribution in [1.29, 1.82) is 0 Å². The van der Waals surface area contributed by atoms with Crippen molar-refractivity contribution < 1.29 is 0 Å². The first-order valence-corrected chi connectivity index (χ1v) is 8.51. The Hall–Kier alpha value is -0.820. The van der Waals surface area contributed by atoms with Gasteiger partial charge in [-0.25, -0.2) is 0 Å². The summed E-state index contributed by atoms with van der Waals surface area (Å²) in [5.74, 6) is 4.83. The second-order valence-electron chi connectivity index (χ2n) is 7.72. The number of hydrogen-bond acceptors (Lipinski definition) is 1. The maximum Gasteiger partial charge on any atom is 0.0294 e. The van der Waals surface area contributed by atoms with Gasteiger partial charge in [-0.3, -0.25) is 0 Å². The molecule has 0 saturated heterocycles. The Morgan fingerprint density at radius 2 is 1.45 bits per heavy atom. The summed E-state index contributed by atoms with van der Waals surface area (Å²) in [6, 6.07) is 10.6. The molecule has 1 N–H and O–H groups in total. The minimum absolute atomic E-state index is 0.506. The molecule has 1 aromatic carbocycles. The lowest BCUT2D eigenvalue weighted by atomic mass is 9.99. The van der Waals surface area contributed by atoms with Crippen LogP contribution in [0.15, 0.2) is 24.3 Å². The van der Waals surface area contributed by atoms with E-state index in [0.717, 1.165) is 29.7 Å². The number of nitrogens with one attached hydrogen (secondary N) is 1. The second-order valence-corrected chi connectivity index (χ2v) is 7.72. The summed E-state index contributed by atoms with van der Waals surface area (Å²) in [5.41, 5.74) is 2.90. The molecule has 5 atom stereocenters. The Balaban J connectivity index is 1.40. The molecule has 1 nitrogen and oxygen atoms in total. The van der Waals surface area contributed by atoms with Gasteiger partial charge < -0.3 is 5.32 Å². The van der Waals surface area contributed by atoms with Crippen molar-refractivity contribution in [2.24, 2.45) is 23.7 Å². The van der Waals surface area contributed by atoms with Crippen molar-refractivity contribution in [2.45, 2.75) is 58.0 Å². The lowest BCUT2D eigenvalue weighted by molar-refractivity contribution is 0.433. The van der Waals surface area contributed by atoms with Crippen molar-refractivity contribution in [3.05, 3.63) is 35.4 Å². The first kappa shape index (κ1) is 12.9. The third kappa shape index (κ3) is 1.94. The van der Waals surface area contributed by atoms with E-state index in [1.807, 2.05) is 0 Å². The number of rotatable bonds is 4. The minimum Gasteiger partial charge on any atom is -0.307 e. The van der Waals surface area contributed by atoms with Crippen LogP contribution in [0.4, 0.5) is 0 Å². The SMILES string of the molecule is CC(C)c1ccc(C(C)NC2C3C4CCC(C4)C23)cc1. The molecule has 0 aromatic heterocycles. The molecule has 1 heteroatoms. The monoisotopic (exact) mass is 269 g/mol. The van der Waals surface area contributed by atoms with Crippen LogP contribution in [0.5, 0.6) is 0 Å². The van der Waals surface area contributed by atoms with Gasteiger partial charge in [-0.05, 0) is 66.9 Å². The molecule has 3 fully saturated rings. The average Bonchev–Trinajstić information content (AvgIpc) is 2.84. The van der Waals surface area contributed by atoms with E-state index in [1.54, 1.807) is 6.42 Å². The zero-order chi connectivity index (χ0) is 13.9. The van der Waals surface area contributed by atoms with E-state index in [-0.39, 0.29) is 0 Å². The van der Waals surface area contributed by atoms with Crippen LogP contribution in [-0.4, -0.2) is 6.04 Å².